The highest BCUT2D eigenvalue weighted by atomic mass is 79.9. The molecule has 1 fully saturated rings. The van der Waals surface area contributed by atoms with Crippen LogP contribution in [-0.4, -0.2) is 15.1 Å². The SMILES string of the molecule is N#Cc1cnn(CC2(CBr)CCCC2)c1. The molecule has 15 heavy (non-hydrogen) atoms. The molecule has 0 spiro atoms. The van der Waals surface area contributed by atoms with Gasteiger partial charge in [-0.1, -0.05) is 28.8 Å². The second-order valence-corrected chi connectivity index (χ2v) is 4.94. The molecule has 80 valence electrons. The molecule has 0 radical (unpaired) electrons. The van der Waals surface area contributed by atoms with Gasteiger partial charge in [0, 0.05) is 18.1 Å². The van der Waals surface area contributed by atoms with Gasteiger partial charge < -0.3 is 0 Å². The van der Waals surface area contributed by atoms with Crippen LogP contribution in [0.3, 0.4) is 0 Å². The molecule has 0 aromatic carbocycles. The van der Waals surface area contributed by atoms with Crippen molar-refractivity contribution in [1.29, 1.82) is 5.26 Å². The number of hydrogen-bond acceptors (Lipinski definition) is 2. The van der Waals surface area contributed by atoms with Crippen LogP contribution in [-0.2, 0) is 6.54 Å². The van der Waals surface area contributed by atoms with Crippen molar-refractivity contribution in [2.45, 2.75) is 32.2 Å². The number of halogens is 1. The summed E-state index contributed by atoms with van der Waals surface area (Å²) in [6.07, 6.45) is 8.63. The standard InChI is InChI=1S/C11H14BrN3/c12-8-11(3-1-2-4-11)9-15-7-10(5-13)6-14-15/h6-7H,1-4,8-9H2. The molecule has 0 atom stereocenters. The average Bonchev–Trinajstić information content (AvgIpc) is 2.88. The molecule has 4 heteroatoms. The van der Waals surface area contributed by atoms with E-state index < -0.39 is 0 Å². The Morgan fingerprint density at radius 3 is 2.80 bits per heavy atom. The van der Waals surface area contributed by atoms with Crippen molar-refractivity contribution < 1.29 is 0 Å². The summed E-state index contributed by atoms with van der Waals surface area (Å²) in [6.45, 7) is 0.930. The van der Waals surface area contributed by atoms with E-state index in [1.54, 1.807) is 6.20 Å². The minimum absolute atomic E-state index is 0.360. The third-order valence-electron chi connectivity index (χ3n) is 3.21. The highest BCUT2D eigenvalue weighted by Gasteiger charge is 2.33. The molecule has 1 aromatic rings. The van der Waals surface area contributed by atoms with Crippen molar-refractivity contribution in [3.8, 4) is 6.07 Å². The molecule has 1 aromatic heterocycles. The maximum absolute atomic E-state index is 8.72. The first kappa shape index (κ1) is 10.7. The van der Waals surface area contributed by atoms with E-state index in [0.717, 1.165) is 11.9 Å². The Kier molecular flexibility index (Phi) is 3.11. The lowest BCUT2D eigenvalue weighted by molar-refractivity contribution is 0.278. The van der Waals surface area contributed by atoms with Gasteiger partial charge in [0.25, 0.3) is 0 Å². The minimum atomic E-state index is 0.360. The zero-order chi connectivity index (χ0) is 10.7. The molecular formula is C11H14BrN3. The van der Waals surface area contributed by atoms with Crippen LogP contribution in [0.2, 0.25) is 0 Å². The molecule has 0 aliphatic heterocycles. The first-order valence-corrected chi connectivity index (χ1v) is 6.39. The van der Waals surface area contributed by atoms with Crippen LogP contribution in [0.25, 0.3) is 0 Å². The fraction of sp³-hybridized carbons (Fsp3) is 0.636. The first-order chi connectivity index (χ1) is 7.28. The molecule has 1 aliphatic carbocycles. The molecule has 0 N–H and O–H groups in total. The highest BCUT2D eigenvalue weighted by molar-refractivity contribution is 9.09. The molecule has 1 heterocycles. The maximum atomic E-state index is 8.72. The summed E-state index contributed by atoms with van der Waals surface area (Å²) < 4.78 is 1.91. The van der Waals surface area contributed by atoms with Crippen molar-refractivity contribution in [2.75, 3.05) is 5.33 Å². The lowest BCUT2D eigenvalue weighted by Gasteiger charge is -2.26. The maximum Gasteiger partial charge on any atom is 0.102 e. The molecule has 0 amide bonds. The van der Waals surface area contributed by atoms with Gasteiger partial charge in [-0.15, -0.1) is 0 Å². The second-order valence-electron chi connectivity index (χ2n) is 4.38. The van der Waals surface area contributed by atoms with Gasteiger partial charge in [0.2, 0.25) is 0 Å². The number of nitriles is 1. The monoisotopic (exact) mass is 267 g/mol. The fourth-order valence-corrected chi connectivity index (χ4v) is 3.05. The van der Waals surface area contributed by atoms with Crippen LogP contribution >= 0.6 is 15.9 Å². The Labute approximate surface area is 98.2 Å². The molecule has 1 saturated carbocycles. The third kappa shape index (κ3) is 2.23. The van der Waals surface area contributed by atoms with Gasteiger partial charge in [-0.3, -0.25) is 4.68 Å². The quantitative estimate of drug-likeness (QED) is 0.791. The number of alkyl halides is 1. The second kappa shape index (κ2) is 4.36. The zero-order valence-electron chi connectivity index (χ0n) is 8.62. The van der Waals surface area contributed by atoms with Crippen LogP contribution in [0.1, 0.15) is 31.2 Å². The minimum Gasteiger partial charge on any atom is -0.271 e. The molecule has 3 nitrogen and oxygen atoms in total. The van der Waals surface area contributed by atoms with Gasteiger partial charge in [-0.2, -0.15) is 10.4 Å². The summed E-state index contributed by atoms with van der Waals surface area (Å²) in [4.78, 5) is 0. The van der Waals surface area contributed by atoms with Crippen molar-refractivity contribution in [3.05, 3.63) is 18.0 Å². The first-order valence-electron chi connectivity index (χ1n) is 5.27. The lowest BCUT2D eigenvalue weighted by atomic mass is 9.89. The van der Waals surface area contributed by atoms with E-state index in [0.29, 0.717) is 11.0 Å². The van der Waals surface area contributed by atoms with Crippen molar-refractivity contribution in [3.63, 3.8) is 0 Å². The summed E-state index contributed by atoms with van der Waals surface area (Å²) in [6, 6.07) is 2.11. The topological polar surface area (TPSA) is 41.6 Å². The number of nitrogens with zero attached hydrogens (tertiary/aromatic N) is 3. The number of rotatable bonds is 3. The van der Waals surface area contributed by atoms with Crippen LogP contribution < -0.4 is 0 Å². The van der Waals surface area contributed by atoms with Crippen LogP contribution in [0.15, 0.2) is 12.4 Å². The smallest absolute Gasteiger partial charge is 0.102 e. The Morgan fingerprint density at radius 1 is 1.53 bits per heavy atom. The van der Waals surface area contributed by atoms with E-state index in [1.165, 1.54) is 25.7 Å². The van der Waals surface area contributed by atoms with Crippen molar-refractivity contribution >= 4 is 15.9 Å². The van der Waals surface area contributed by atoms with Gasteiger partial charge >= 0.3 is 0 Å². The average molecular weight is 268 g/mol. The van der Waals surface area contributed by atoms with E-state index in [-0.39, 0.29) is 0 Å². The number of aromatic nitrogens is 2. The fourth-order valence-electron chi connectivity index (χ4n) is 2.31. The molecular weight excluding hydrogens is 254 g/mol. The summed E-state index contributed by atoms with van der Waals surface area (Å²) in [5.41, 5.74) is 1.01. The van der Waals surface area contributed by atoms with Gasteiger partial charge in [-0.05, 0) is 18.3 Å². The van der Waals surface area contributed by atoms with E-state index >= 15 is 0 Å². The molecule has 0 saturated heterocycles. The van der Waals surface area contributed by atoms with E-state index in [2.05, 4.69) is 27.1 Å². The van der Waals surface area contributed by atoms with Gasteiger partial charge in [0.1, 0.15) is 6.07 Å². The Morgan fingerprint density at radius 2 is 2.27 bits per heavy atom. The summed E-state index contributed by atoms with van der Waals surface area (Å²) >= 11 is 3.61. The third-order valence-corrected chi connectivity index (χ3v) is 4.40. The molecule has 0 unspecified atom stereocenters. The van der Waals surface area contributed by atoms with E-state index in [9.17, 15) is 0 Å². The Bertz CT molecular complexity index is 371. The summed E-state index contributed by atoms with van der Waals surface area (Å²) in [7, 11) is 0. The highest BCUT2D eigenvalue weighted by Crippen LogP contribution is 2.40. The predicted octanol–water partition coefficient (Wildman–Crippen LogP) is 2.71. The van der Waals surface area contributed by atoms with E-state index in [1.807, 2.05) is 10.9 Å². The van der Waals surface area contributed by atoms with Crippen LogP contribution in [0, 0.1) is 16.7 Å². The van der Waals surface area contributed by atoms with Crippen LogP contribution in [0.5, 0.6) is 0 Å². The normalized spacial score (nSPS) is 18.9. The lowest BCUT2D eigenvalue weighted by Crippen LogP contribution is -2.25. The molecule has 1 aliphatic rings. The van der Waals surface area contributed by atoms with Gasteiger partial charge in [0.15, 0.2) is 0 Å². The molecule has 0 bridgehead atoms. The van der Waals surface area contributed by atoms with Crippen LogP contribution in [0.4, 0.5) is 0 Å². The van der Waals surface area contributed by atoms with Gasteiger partial charge in [-0.25, -0.2) is 0 Å². The summed E-state index contributed by atoms with van der Waals surface area (Å²) in [5, 5.41) is 14.0. The van der Waals surface area contributed by atoms with Crippen molar-refractivity contribution in [1.82, 2.24) is 9.78 Å². The predicted molar refractivity (Wildman–Crippen MR) is 61.6 cm³/mol. The summed E-state index contributed by atoms with van der Waals surface area (Å²) in [5.74, 6) is 0. The number of hydrogen-bond donors (Lipinski definition) is 0. The van der Waals surface area contributed by atoms with Gasteiger partial charge in [0.05, 0.1) is 11.8 Å². The Hall–Kier alpha value is -0.820. The molecule has 2 rings (SSSR count). The van der Waals surface area contributed by atoms with E-state index in [4.69, 9.17) is 5.26 Å². The van der Waals surface area contributed by atoms with Crippen molar-refractivity contribution in [2.24, 2.45) is 5.41 Å². The Balaban J connectivity index is 2.10. The largest absolute Gasteiger partial charge is 0.271 e. The zero-order valence-corrected chi connectivity index (χ0v) is 10.2.